The van der Waals surface area contributed by atoms with Crippen molar-refractivity contribution in [3.63, 3.8) is 0 Å². The molecule has 1 heterocycles. The lowest BCUT2D eigenvalue weighted by Gasteiger charge is -2.06. The molecule has 1 N–H and O–H groups in total. The predicted octanol–water partition coefficient (Wildman–Crippen LogP) is 4.09. The minimum absolute atomic E-state index is 0.108. The summed E-state index contributed by atoms with van der Waals surface area (Å²) in [4.78, 5) is 23.1. The molecule has 1 saturated heterocycles. The zero-order valence-electron chi connectivity index (χ0n) is 14.3. The summed E-state index contributed by atoms with van der Waals surface area (Å²) in [5, 5.41) is 25.7. The molecular weight excluding hydrogens is 398 g/mol. The van der Waals surface area contributed by atoms with Crippen molar-refractivity contribution in [1.29, 1.82) is 0 Å². The van der Waals surface area contributed by atoms with Crippen molar-refractivity contribution in [3.05, 3.63) is 86.8 Å². The number of carbonyl (C=O) groups excluding carboxylic acids is 1. The fourth-order valence-electron chi connectivity index (χ4n) is 2.26. The smallest absolute Gasteiger partial charge is 0.286 e. The highest BCUT2D eigenvalue weighted by Gasteiger charge is 2.31. The molecule has 1 amide bonds. The van der Waals surface area contributed by atoms with Gasteiger partial charge in [-0.3, -0.25) is 14.9 Å². The summed E-state index contributed by atoms with van der Waals surface area (Å²) < 4.78 is 0.227. The monoisotopic (exact) mass is 411 g/mol. The van der Waals surface area contributed by atoms with Crippen molar-refractivity contribution in [2.45, 2.75) is 0 Å². The number of thiocarbonyl (C=S) groups is 1. The van der Waals surface area contributed by atoms with Gasteiger partial charge in [0.05, 0.1) is 16.0 Å². The molecule has 0 unspecified atom stereocenters. The van der Waals surface area contributed by atoms with Crippen molar-refractivity contribution >= 4 is 52.2 Å². The van der Waals surface area contributed by atoms with Gasteiger partial charge in [-0.15, -0.1) is 0 Å². The molecule has 1 aliphatic heterocycles. The van der Waals surface area contributed by atoms with E-state index in [1.54, 1.807) is 12.2 Å². The standard InChI is InChI=1S/C19H13N3O4S2/c23-16-10-9-15(22(25)26)11-14(16)12-20-21-18(24)17(28-19(21)27)8-4-7-13-5-2-1-3-6-13/h1-12,23H/b7-4?,17-8?,20-12+. The second kappa shape index (κ2) is 8.59. The maximum atomic E-state index is 12.5. The molecular formula is C19H13N3O4S2. The van der Waals surface area contributed by atoms with Crippen molar-refractivity contribution in [3.8, 4) is 5.75 Å². The molecule has 0 aliphatic carbocycles. The van der Waals surface area contributed by atoms with Crippen LogP contribution < -0.4 is 0 Å². The van der Waals surface area contributed by atoms with E-state index in [1.165, 1.54) is 12.1 Å². The first-order valence-electron chi connectivity index (χ1n) is 7.97. The van der Waals surface area contributed by atoms with Gasteiger partial charge in [0.1, 0.15) is 5.75 Å². The van der Waals surface area contributed by atoms with E-state index < -0.39 is 10.8 Å². The maximum Gasteiger partial charge on any atom is 0.286 e. The van der Waals surface area contributed by atoms with E-state index in [9.17, 15) is 20.0 Å². The Bertz CT molecular complexity index is 1030. The summed E-state index contributed by atoms with van der Waals surface area (Å²) in [5.74, 6) is -0.602. The van der Waals surface area contributed by atoms with E-state index in [0.29, 0.717) is 4.91 Å². The molecule has 0 spiro atoms. The first-order valence-corrected chi connectivity index (χ1v) is 9.19. The van der Waals surface area contributed by atoms with E-state index in [0.717, 1.165) is 34.6 Å². The minimum Gasteiger partial charge on any atom is -0.507 e. The highest BCUT2D eigenvalue weighted by atomic mass is 32.2. The molecule has 9 heteroatoms. The summed E-state index contributed by atoms with van der Waals surface area (Å²) in [5.41, 5.74) is 0.903. The van der Waals surface area contributed by atoms with Gasteiger partial charge in [-0.25, -0.2) is 0 Å². The first kappa shape index (κ1) is 19.5. The number of rotatable bonds is 5. The number of aromatic hydroxyl groups is 1. The second-order valence-corrected chi connectivity index (χ2v) is 7.21. The number of hydrogen-bond acceptors (Lipinski definition) is 7. The Morgan fingerprint density at radius 1 is 1.21 bits per heavy atom. The molecule has 3 rings (SSSR count). The Balaban J connectivity index is 1.76. The van der Waals surface area contributed by atoms with Crippen LogP contribution in [0.1, 0.15) is 11.1 Å². The molecule has 0 aromatic heterocycles. The summed E-state index contributed by atoms with van der Waals surface area (Å²) >= 11 is 6.27. The van der Waals surface area contributed by atoms with Crippen LogP contribution in [0.3, 0.4) is 0 Å². The number of thioether (sulfide) groups is 1. The van der Waals surface area contributed by atoms with Gasteiger partial charge < -0.3 is 5.11 Å². The highest BCUT2D eigenvalue weighted by molar-refractivity contribution is 8.26. The van der Waals surface area contributed by atoms with Crippen LogP contribution >= 0.6 is 24.0 Å². The van der Waals surface area contributed by atoms with Crippen LogP contribution in [-0.4, -0.2) is 31.5 Å². The van der Waals surface area contributed by atoms with E-state index in [2.05, 4.69) is 5.10 Å². The topological polar surface area (TPSA) is 96.0 Å². The molecule has 2 aromatic carbocycles. The normalized spacial score (nSPS) is 16.0. The van der Waals surface area contributed by atoms with Gasteiger partial charge >= 0.3 is 0 Å². The summed E-state index contributed by atoms with van der Waals surface area (Å²) in [6.45, 7) is 0. The number of carbonyl (C=O) groups is 1. The van der Waals surface area contributed by atoms with E-state index >= 15 is 0 Å². The lowest BCUT2D eigenvalue weighted by atomic mass is 10.2. The van der Waals surface area contributed by atoms with Crippen LogP contribution in [0.25, 0.3) is 6.08 Å². The number of phenols is 1. The van der Waals surface area contributed by atoms with Gasteiger partial charge in [-0.1, -0.05) is 54.2 Å². The van der Waals surface area contributed by atoms with Crippen LogP contribution in [0.4, 0.5) is 5.69 Å². The third kappa shape index (κ3) is 4.51. The Kier molecular flexibility index (Phi) is 5.97. The third-order valence-corrected chi connectivity index (χ3v) is 4.94. The number of hydrazone groups is 1. The molecule has 2 aromatic rings. The quantitative estimate of drug-likeness (QED) is 0.262. The number of benzene rings is 2. The molecule has 140 valence electrons. The fraction of sp³-hybridized carbons (Fsp3) is 0. The van der Waals surface area contributed by atoms with Gasteiger partial charge in [-0.2, -0.15) is 10.1 Å². The molecule has 7 nitrogen and oxygen atoms in total. The number of amides is 1. The molecule has 1 fully saturated rings. The van der Waals surface area contributed by atoms with Gasteiger partial charge in [-0.05, 0) is 29.9 Å². The summed E-state index contributed by atoms with van der Waals surface area (Å²) in [6, 6.07) is 13.1. The van der Waals surface area contributed by atoms with Gasteiger partial charge in [0, 0.05) is 17.7 Å². The zero-order valence-corrected chi connectivity index (χ0v) is 15.9. The van der Waals surface area contributed by atoms with Crippen LogP contribution in [0.2, 0.25) is 0 Å². The number of nitro groups is 1. The average molecular weight is 411 g/mol. The number of hydrogen-bond donors (Lipinski definition) is 1. The molecule has 28 heavy (non-hydrogen) atoms. The van der Waals surface area contributed by atoms with Crippen LogP contribution in [0.5, 0.6) is 5.75 Å². The highest BCUT2D eigenvalue weighted by Crippen LogP contribution is 2.31. The summed E-state index contributed by atoms with van der Waals surface area (Å²) in [6.07, 6.45) is 6.41. The molecule has 0 bridgehead atoms. The number of nitro benzene ring substituents is 1. The number of allylic oxidation sites excluding steroid dienone is 2. The number of nitrogens with zero attached hydrogens (tertiary/aromatic N) is 3. The predicted molar refractivity (Wildman–Crippen MR) is 113 cm³/mol. The van der Waals surface area contributed by atoms with Gasteiger partial charge in [0.2, 0.25) is 0 Å². The largest absolute Gasteiger partial charge is 0.507 e. The van der Waals surface area contributed by atoms with Gasteiger partial charge in [0.25, 0.3) is 11.6 Å². The lowest BCUT2D eigenvalue weighted by Crippen LogP contribution is -2.22. The maximum absolute atomic E-state index is 12.5. The number of phenolic OH excluding ortho intramolecular Hbond substituents is 1. The van der Waals surface area contributed by atoms with Crippen LogP contribution in [0, 0.1) is 10.1 Å². The Hall–Kier alpha value is -3.30. The van der Waals surface area contributed by atoms with Crippen molar-refractivity contribution in [2.75, 3.05) is 0 Å². The SMILES string of the molecule is O=C1C(=CC=Cc2ccccc2)SC(=S)N1/N=C/c1cc([N+](=O)[O-])ccc1O. The average Bonchev–Trinajstić information content (AvgIpc) is 2.95. The van der Waals surface area contributed by atoms with E-state index in [1.807, 2.05) is 36.4 Å². The van der Waals surface area contributed by atoms with Crippen molar-refractivity contribution < 1.29 is 14.8 Å². The fourth-order valence-corrected chi connectivity index (χ4v) is 3.39. The van der Waals surface area contributed by atoms with Crippen molar-refractivity contribution in [1.82, 2.24) is 5.01 Å². The lowest BCUT2D eigenvalue weighted by molar-refractivity contribution is -0.384. The molecule has 0 saturated carbocycles. The zero-order chi connectivity index (χ0) is 20.1. The Morgan fingerprint density at radius 2 is 1.96 bits per heavy atom. The number of non-ortho nitro benzene ring substituents is 1. The molecule has 1 aliphatic rings. The van der Waals surface area contributed by atoms with Crippen LogP contribution in [0.15, 0.2) is 70.7 Å². The second-order valence-electron chi connectivity index (χ2n) is 5.53. The van der Waals surface area contributed by atoms with E-state index in [-0.39, 0.29) is 21.3 Å². The molecule has 0 atom stereocenters. The minimum atomic E-state index is -0.585. The Labute approximate surface area is 169 Å². The first-order chi connectivity index (χ1) is 13.5. The van der Waals surface area contributed by atoms with E-state index in [4.69, 9.17) is 12.2 Å². The molecule has 0 radical (unpaired) electrons. The van der Waals surface area contributed by atoms with Gasteiger partial charge in [0.15, 0.2) is 4.32 Å². The summed E-state index contributed by atoms with van der Waals surface area (Å²) in [7, 11) is 0. The third-order valence-electron chi connectivity index (χ3n) is 3.64. The van der Waals surface area contributed by atoms with Crippen molar-refractivity contribution in [2.24, 2.45) is 5.10 Å². The van der Waals surface area contributed by atoms with Crippen LogP contribution in [-0.2, 0) is 4.79 Å². The Morgan fingerprint density at radius 3 is 2.68 bits per heavy atom.